The molecule has 0 aliphatic carbocycles. The first-order valence-corrected chi connectivity index (χ1v) is 15.0. The first-order valence-electron chi connectivity index (χ1n) is 11.3. The smallest absolute Gasteiger partial charge is 0.180 e. The zero-order valence-electron chi connectivity index (χ0n) is 19.9. The number of hydrogen-bond acceptors (Lipinski definition) is 9. The van der Waals surface area contributed by atoms with Gasteiger partial charge in [-0.2, -0.15) is 0 Å². The summed E-state index contributed by atoms with van der Waals surface area (Å²) in [5.41, 5.74) is 9.05. The van der Waals surface area contributed by atoms with Crippen molar-refractivity contribution in [3.63, 3.8) is 0 Å². The Hall–Kier alpha value is -3.87. The summed E-state index contributed by atoms with van der Waals surface area (Å²) in [5.74, 6) is -0.398. The third-order valence-electron chi connectivity index (χ3n) is 5.79. The van der Waals surface area contributed by atoms with Crippen molar-refractivity contribution in [2.24, 2.45) is 0 Å². The quantitative estimate of drug-likeness (QED) is 0.284. The fraction of sp³-hybridized carbons (Fsp3) is 0.0769. The molecule has 2 aromatic carbocycles. The molecule has 190 valence electrons. The van der Waals surface area contributed by atoms with Crippen molar-refractivity contribution in [1.82, 2.24) is 24.3 Å². The van der Waals surface area contributed by atoms with E-state index in [4.69, 9.17) is 10.7 Å². The highest BCUT2D eigenvalue weighted by Gasteiger charge is 2.22. The Morgan fingerprint density at radius 2 is 1.84 bits per heavy atom. The predicted octanol–water partition coefficient (Wildman–Crippen LogP) is 5.49. The summed E-state index contributed by atoms with van der Waals surface area (Å²) in [5, 5.41) is 1.16. The topological polar surface area (TPSA) is 116 Å². The number of anilines is 1. The van der Waals surface area contributed by atoms with Gasteiger partial charge < -0.3 is 5.73 Å². The van der Waals surface area contributed by atoms with Gasteiger partial charge in [-0.25, -0.2) is 32.7 Å². The molecule has 0 amide bonds. The van der Waals surface area contributed by atoms with Crippen molar-refractivity contribution < 1.29 is 12.8 Å². The van der Waals surface area contributed by atoms with Gasteiger partial charge in [-0.15, -0.1) is 11.3 Å². The van der Waals surface area contributed by atoms with Crippen LogP contribution in [-0.2, 0) is 15.6 Å². The number of pyridine rings is 1. The third kappa shape index (κ3) is 4.62. The fourth-order valence-electron chi connectivity index (χ4n) is 4.14. The number of halogens is 1. The zero-order valence-corrected chi connectivity index (χ0v) is 22.3. The number of thiazole rings is 1. The van der Waals surface area contributed by atoms with Gasteiger partial charge in [-0.05, 0) is 23.9 Å². The predicted molar refractivity (Wildman–Crippen MR) is 148 cm³/mol. The van der Waals surface area contributed by atoms with Crippen molar-refractivity contribution in [3.8, 4) is 22.5 Å². The molecule has 0 radical (unpaired) electrons. The Bertz CT molecular complexity index is 1940. The first kappa shape index (κ1) is 24.5. The maximum absolute atomic E-state index is 16.1. The van der Waals surface area contributed by atoms with Crippen LogP contribution in [0.3, 0.4) is 0 Å². The summed E-state index contributed by atoms with van der Waals surface area (Å²) >= 11 is 2.51. The molecule has 0 unspecified atom stereocenters. The van der Waals surface area contributed by atoms with Crippen molar-refractivity contribution in [2.45, 2.75) is 15.2 Å². The number of nitrogens with two attached hydrogens (primary N) is 1. The van der Waals surface area contributed by atoms with E-state index in [1.54, 1.807) is 35.1 Å². The number of aromatic nitrogens is 5. The summed E-state index contributed by atoms with van der Waals surface area (Å²) < 4.78 is 41.7. The molecule has 6 aromatic rings. The Morgan fingerprint density at radius 3 is 2.63 bits per heavy atom. The van der Waals surface area contributed by atoms with Crippen LogP contribution in [0, 0.1) is 5.82 Å². The SMILES string of the molecule is CS(=O)(=O)Cc1cnc(Sc2nc(-c3ccc4ccc(-c5ccccc5)nc4c3F)c3c(N)nccn23)s1. The van der Waals surface area contributed by atoms with E-state index in [1.165, 1.54) is 29.4 Å². The molecule has 8 nitrogen and oxygen atoms in total. The van der Waals surface area contributed by atoms with Gasteiger partial charge in [-0.3, -0.25) is 4.40 Å². The van der Waals surface area contributed by atoms with Crippen molar-refractivity contribution >= 4 is 55.2 Å². The number of hydrogen-bond donors (Lipinski definition) is 1. The minimum Gasteiger partial charge on any atom is -0.382 e. The van der Waals surface area contributed by atoms with Gasteiger partial charge in [0, 0.05) is 46.2 Å². The molecule has 2 N–H and O–H groups in total. The molecule has 0 bridgehead atoms. The van der Waals surface area contributed by atoms with Gasteiger partial charge in [-0.1, -0.05) is 42.5 Å². The van der Waals surface area contributed by atoms with E-state index >= 15 is 4.39 Å². The molecule has 0 atom stereocenters. The minimum atomic E-state index is -3.18. The minimum absolute atomic E-state index is 0.0874. The van der Waals surface area contributed by atoms with E-state index < -0.39 is 15.7 Å². The van der Waals surface area contributed by atoms with Crippen LogP contribution in [0.4, 0.5) is 10.2 Å². The molecule has 0 aliphatic rings. The highest BCUT2D eigenvalue weighted by Crippen LogP contribution is 2.38. The second-order valence-electron chi connectivity index (χ2n) is 8.60. The molecule has 4 heterocycles. The van der Waals surface area contributed by atoms with Crippen LogP contribution in [0.2, 0.25) is 0 Å². The average molecular weight is 563 g/mol. The van der Waals surface area contributed by atoms with Crippen LogP contribution in [0.5, 0.6) is 0 Å². The van der Waals surface area contributed by atoms with Crippen molar-refractivity contribution in [2.75, 3.05) is 12.0 Å². The van der Waals surface area contributed by atoms with Gasteiger partial charge in [0.2, 0.25) is 0 Å². The third-order valence-corrected chi connectivity index (χ3v) is 8.85. The highest BCUT2D eigenvalue weighted by atomic mass is 32.2. The summed E-state index contributed by atoms with van der Waals surface area (Å²) in [6, 6.07) is 16.8. The molecule has 6 rings (SSSR count). The second-order valence-corrected chi connectivity index (χ2v) is 13.1. The molecule has 12 heteroatoms. The molecule has 4 aromatic heterocycles. The largest absolute Gasteiger partial charge is 0.382 e. The van der Waals surface area contributed by atoms with E-state index in [-0.39, 0.29) is 22.7 Å². The van der Waals surface area contributed by atoms with E-state index in [0.717, 1.165) is 5.56 Å². The first-order chi connectivity index (χ1) is 18.3. The van der Waals surface area contributed by atoms with Gasteiger partial charge in [0.1, 0.15) is 22.5 Å². The molecule has 0 spiro atoms. The van der Waals surface area contributed by atoms with Crippen LogP contribution in [0.25, 0.3) is 38.9 Å². The maximum Gasteiger partial charge on any atom is 0.180 e. The number of fused-ring (bicyclic) bond motifs is 2. The number of rotatable bonds is 6. The van der Waals surface area contributed by atoms with Crippen LogP contribution >= 0.6 is 23.1 Å². The Kier molecular flexibility index (Phi) is 6.09. The Morgan fingerprint density at radius 1 is 1.05 bits per heavy atom. The van der Waals surface area contributed by atoms with Gasteiger partial charge in [0.15, 0.2) is 25.2 Å². The van der Waals surface area contributed by atoms with Gasteiger partial charge in [0.25, 0.3) is 0 Å². The standard InChI is InChI=1S/C26H19FN6O2S3/c1-38(34,35)14-17-13-30-26(36-17)37-25-32-22(23-24(28)29-11-12-33(23)25)18-9-7-16-8-10-19(31-21(16)20(18)27)15-5-3-2-4-6-15/h2-13H,14H2,1H3,(H2,28,29). The molecular weight excluding hydrogens is 544 g/mol. The van der Waals surface area contributed by atoms with E-state index in [9.17, 15) is 8.42 Å². The summed E-state index contributed by atoms with van der Waals surface area (Å²) in [7, 11) is -3.18. The summed E-state index contributed by atoms with van der Waals surface area (Å²) in [6.07, 6.45) is 5.96. The van der Waals surface area contributed by atoms with Crippen LogP contribution in [0.1, 0.15) is 4.88 Å². The molecule has 0 aliphatic heterocycles. The zero-order chi connectivity index (χ0) is 26.4. The normalized spacial score (nSPS) is 11.9. The maximum atomic E-state index is 16.1. The highest BCUT2D eigenvalue weighted by molar-refractivity contribution is 8.01. The van der Waals surface area contributed by atoms with Crippen molar-refractivity contribution in [3.05, 3.63) is 83.9 Å². The molecule has 38 heavy (non-hydrogen) atoms. The van der Waals surface area contributed by atoms with Crippen LogP contribution < -0.4 is 5.73 Å². The number of benzene rings is 2. The Balaban J connectivity index is 1.46. The Labute approximate surface area is 225 Å². The summed E-state index contributed by atoms with van der Waals surface area (Å²) in [4.78, 5) is 18.5. The average Bonchev–Trinajstić information content (AvgIpc) is 3.48. The molecule has 0 saturated heterocycles. The van der Waals surface area contributed by atoms with E-state index in [1.807, 2.05) is 42.5 Å². The lowest BCUT2D eigenvalue weighted by Gasteiger charge is -2.08. The van der Waals surface area contributed by atoms with E-state index in [2.05, 4.69) is 15.0 Å². The number of sulfone groups is 1. The number of nitrogens with zero attached hydrogens (tertiary/aromatic N) is 5. The monoisotopic (exact) mass is 562 g/mol. The van der Waals surface area contributed by atoms with Gasteiger partial charge in [0.05, 0.1) is 11.4 Å². The fourth-order valence-corrected chi connectivity index (χ4v) is 7.41. The van der Waals surface area contributed by atoms with Crippen LogP contribution in [-0.4, -0.2) is 39.0 Å². The lowest BCUT2D eigenvalue weighted by atomic mass is 10.0. The summed E-state index contributed by atoms with van der Waals surface area (Å²) in [6.45, 7) is 0. The molecule has 0 saturated carbocycles. The van der Waals surface area contributed by atoms with Crippen LogP contribution in [0.15, 0.2) is 82.7 Å². The van der Waals surface area contributed by atoms with E-state index in [0.29, 0.717) is 36.7 Å². The van der Waals surface area contributed by atoms with Gasteiger partial charge >= 0.3 is 0 Å². The lowest BCUT2D eigenvalue weighted by Crippen LogP contribution is -1.98. The number of nitrogen functional groups attached to an aromatic ring is 1. The molecular formula is C26H19FN6O2S3. The second kappa shape index (κ2) is 9.46. The number of imidazole rings is 1. The lowest BCUT2D eigenvalue weighted by molar-refractivity contribution is 0.601. The van der Waals surface area contributed by atoms with Crippen molar-refractivity contribution in [1.29, 1.82) is 0 Å². The molecule has 0 fully saturated rings.